The van der Waals surface area contributed by atoms with Crippen LogP contribution in [0.15, 0.2) is 30.3 Å². The molecule has 0 atom stereocenters. The van der Waals surface area contributed by atoms with Gasteiger partial charge in [0.15, 0.2) is 5.82 Å². The van der Waals surface area contributed by atoms with Crippen molar-refractivity contribution in [1.29, 1.82) is 0 Å². The highest BCUT2D eigenvalue weighted by molar-refractivity contribution is 5.67. The Bertz CT molecular complexity index is 569. The van der Waals surface area contributed by atoms with Crippen LogP contribution in [0.5, 0.6) is 0 Å². The number of hydrogen-bond donors (Lipinski definition) is 1. The van der Waals surface area contributed by atoms with Gasteiger partial charge < -0.3 is 10.6 Å². The van der Waals surface area contributed by atoms with Gasteiger partial charge in [0.05, 0.1) is 11.4 Å². The normalized spacial score (nSPS) is 14.6. The zero-order valence-corrected chi connectivity index (χ0v) is 11.5. The molecule has 0 amide bonds. The van der Waals surface area contributed by atoms with Gasteiger partial charge in [0.1, 0.15) is 0 Å². The fourth-order valence-electron chi connectivity index (χ4n) is 2.55. The first-order valence-corrected chi connectivity index (χ1v) is 6.76. The number of aryl methyl sites for hydroxylation is 2. The second kappa shape index (κ2) is 4.61. The number of benzene rings is 1. The van der Waals surface area contributed by atoms with Gasteiger partial charge in [-0.1, -0.05) is 30.3 Å². The molecule has 2 N–H and O–H groups in total. The van der Waals surface area contributed by atoms with E-state index in [-0.39, 0.29) is 0 Å². The monoisotopic (exact) mass is 256 g/mol. The maximum atomic E-state index is 6.20. The predicted octanol–water partition coefficient (Wildman–Crippen LogP) is 2.48. The SMILES string of the molecule is Cc1nn(C)c(N(Cc2ccccc2)C2CC2)c1N. The minimum Gasteiger partial charge on any atom is -0.394 e. The van der Waals surface area contributed by atoms with Crippen LogP contribution in [0.25, 0.3) is 0 Å². The van der Waals surface area contributed by atoms with Crippen LogP contribution in [0.2, 0.25) is 0 Å². The molecule has 0 saturated heterocycles. The number of anilines is 2. The van der Waals surface area contributed by atoms with Gasteiger partial charge in [-0.25, -0.2) is 0 Å². The van der Waals surface area contributed by atoms with Crippen molar-refractivity contribution in [2.45, 2.75) is 32.4 Å². The highest BCUT2D eigenvalue weighted by atomic mass is 15.4. The zero-order chi connectivity index (χ0) is 13.4. The fraction of sp³-hybridized carbons (Fsp3) is 0.400. The highest BCUT2D eigenvalue weighted by Crippen LogP contribution is 2.36. The predicted molar refractivity (Wildman–Crippen MR) is 78.0 cm³/mol. The van der Waals surface area contributed by atoms with E-state index in [0.717, 1.165) is 23.7 Å². The summed E-state index contributed by atoms with van der Waals surface area (Å²) in [6.07, 6.45) is 2.49. The topological polar surface area (TPSA) is 47.1 Å². The minimum absolute atomic E-state index is 0.609. The van der Waals surface area contributed by atoms with Crippen LogP contribution in [-0.2, 0) is 13.6 Å². The molecule has 1 aromatic carbocycles. The van der Waals surface area contributed by atoms with Crippen molar-refractivity contribution < 1.29 is 0 Å². The van der Waals surface area contributed by atoms with E-state index in [1.807, 2.05) is 24.7 Å². The molecule has 0 radical (unpaired) electrons. The number of aromatic nitrogens is 2. The van der Waals surface area contributed by atoms with Crippen molar-refractivity contribution in [2.24, 2.45) is 7.05 Å². The fourth-order valence-corrected chi connectivity index (χ4v) is 2.55. The first kappa shape index (κ1) is 12.1. The molecule has 1 fully saturated rings. The average molecular weight is 256 g/mol. The zero-order valence-electron chi connectivity index (χ0n) is 11.5. The summed E-state index contributed by atoms with van der Waals surface area (Å²) in [5.41, 5.74) is 9.23. The van der Waals surface area contributed by atoms with Crippen molar-refractivity contribution in [2.75, 3.05) is 10.6 Å². The molecule has 0 unspecified atom stereocenters. The molecule has 0 bridgehead atoms. The maximum absolute atomic E-state index is 6.20. The molecule has 1 aliphatic rings. The van der Waals surface area contributed by atoms with E-state index in [9.17, 15) is 0 Å². The second-order valence-electron chi connectivity index (χ2n) is 5.29. The molecular formula is C15H20N4. The van der Waals surface area contributed by atoms with Crippen LogP contribution in [0.4, 0.5) is 11.5 Å². The number of rotatable bonds is 4. The number of hydrogen-bond acceptors (Lipinski definition) is 3. The summed E-state index contributed by atoms with van der Waals surface area (Å²) in [6, 6.07) is 11.1. The van der Waals surface area contributed by atoms with Crippen LogP contribution >= 0.6 is 0 Å². The number of nitrogens with two attached hydrogens (primary N) is 1. The van der Waals surface area contributed by atoms with Crippen molar-refractivity contribution >= 4 is 11.5 Å². The van der Waals surface area contributed by atoms with E-state index in [4.69, 9.17) is 5.73 Å². The third kappa shape index (κ3) is 2.30. The van der Waals surface area contributed by atoms with E-state index < -0.39 is 0 Å². The molecule has 3 rings (SSSR count). The molecule has 1 aromatic heterocycles. The standard InChI is InChI=1S/C15H20N4/c1-11-14(16)15(18(2)17-11)19(13-8-9-13)10-12-6-4-3-5-7-12/h3-7,13H,8-10,16H2,1-2H3. The molecule has 100 valence electrons. The molecule has 19 heavy (non-hydrogen) atoms. The summed E-state index contributed by atoms with van der Waals surface area (Å²) in [5.74, 6) is 1.06. The smallest absolute Gasteiger partial charge is 0.150 e. The summed E-state index contributed by atoms with van der Waals surface area (Å²) >= 11 is 0. The van der Waals surface area contributed by atoms with Gasteiger partial charge in [0.25, 0.3) is 0 Å². The summed E-state index contributed by atoms with van der Waals surface area (Å²) < 4.78 is 1.91. The summed E-state index contributed by atoms with van der Waals surface area (Å²) in [4.78, 5) is 2.39. The molecule has 1 aliphatic carbocycles. The second-order valence-corrected chi connectivity index (χ2v) is 5.29. The van der Waals surface area contributed by atoms with E-state index in [1.54, 1.807) is 0 Å². The van der Waals surface area contributed by atoms with Crippen molar-refractivity contribution in [3.8, 4) is 0 Å². The molecule has 4 heteroatoms. The summed E-state index contributed by atoms with van der Waals surface area (Å²) in [5, 5.41) is 4.43. The Hall–Kier alpha value is -1.97. The Kier molecular flexibility index (Phi) is 2.93. The third-order valence-electron chi connectivity index (χ3n) is 3.69. The lowest BCUT2D eigenvalue weighted by Gasteiger charge is -2.25. The van der Waals surface area contributed by atoms with Crippen LogP contribution in [0, 0.1) is 6.92 Å². The third-order valence-corrected chi connectivity index (χ3v) is 3.69. The average Bonchev–Trinajstić information content (AvgIpc) is 3.19. The number of nitrogen functional groups attached to an aromatic ring is 1. The van der Waals surface area contributed by atoms with E-state index in [1.165, 1.54) is 18.4 Å². The van der Waals surface area contributed by atoms with Gasteiger partial charge in [-0.05, 0) is 25.3 Å². The molecule has 4 nitrogen and oxygen atoms in total. The molecular weight excluding hydrogens is 236 g/mol. The summed E-state index contributed by atoms with van der Waals surface area (Å²) in [7, 11) is 1.97. The molecule has 0 spiro atoms. The Morgan fingerprint density at radius 3 is 2.53 bits per heavy atom. The maximum Gasteiger partial charge on any atom is 0.150 e. The van der Waals surface area contributed by atoms with Crippen LogP contribution in [0.1, 0.15) is 24.1 Å². The van der Waals surface area contributed by atoms with Crippen molar-refractivity contribution in [1.82, 2.24) is 9.78 Å². The van der Waals surface area contributed by atoms with Gasteiger partial charge in [-0.3, -0.25) is 4.68 Å². The molecule has 0 aliphatic heterocycles. The lowest BCUT2D eigenvalue weighted by atomic mass is 10.2. The minimum atomic E-state index is 0.609. The van der Waals surface area contributed by atoms with Gasteiger partial charge in [-0.2, -0.15) is 5.10 Å². The van der Waals surface area contributed by atoms with Crippen LogP contribution < -0.4 is 10.6 Å². The molecule has 1 heterocycles. The first-order chi connectivity index (χ1) is 9.16. The van der Waals surface area contributed by atoms with Crippen molar-refractivity contribution in [3.05, 3.63) is 41.6 Å². The number of nitrogens with zero attached hydrogens (tertiary/aromatic N) is 3. The molecule has 1 saturated carbocycles. The van der Waals surface area contributed by atoms with Crippen LogP contribution in [-0.4, -0.2) is 15.8 Å². The van der Waals surface area contributed by atoms with Gasteiger partial charge in [0.2, 0.25) is 0 Å². The molecule has 2 aromatic rings. The lowest BCUT2D eigenvalue weighted by Crippen LogP contribution is -2.27. The van der Waals surface area contributed by atoms with E-state index in [2.05, 4.69) is 34.3 Å². The Morgan fingerprint density at radius 1 is 1.32 bits per heavy atom. The van der Waals surface area contributed by atoms with E-state index in [0.29, 0.717) is 6.04 Å². The Balaban J connectivity index is 1.93. The first-order valence-electron chi connectivity index (χ1n) is 6.76. The van der Waals surface area contributed by atoms with Crippen molar-refractivity contribution in [3.63, 3.8) is 0 Å². The Morgan fingerprint density at radius 2 is 2.00 bits per heavy atom. The summed E-state index contributed by atoms with van der Waals surface area (Å²) in [6.45, 7) is 2.86. The lowest BCUT2D eigenvalue weighted by molar-refractivity contribution is 0.692. The Labute approximate surface area is 113 Å². The van der Waals surface area contributed by atoms with Gasteiger partial charge in [0, 0.05) is 19.6 Å². The van der Waals surface area contributed by atoms with Gasteiger partial charge in [-0.15, -0.1) is 0 Å². The quantitative estimate of drug-likeness (QED) is 0.914. The van der Waals surface area contributed by atoms with Crippen LogP contribution in [0.3, 0.4) is 0 Å². The largest absolute Gasteiger partial charge is 0.394 e. The van der Waals surface area contributed by atoms with E-state index >= 15 is 0 Å². The highest BCUT2D eigenvalue weighted by Gasteiger charge is 2.32. The van der Waals surface area contributed by atoms with Gasteiger partial charge >= 0.3 is 0 Å².